The largest absolute Gasteiger partial charge is 0.496 e. The second kappa shape index (κ2) is 11.5. The molecule has 3 aromatic rings. The van der Waals surface area contributed by atoms with E-state index in [-0.39, 0.29) is 23.8 Å². The van der Waals surface area contributed by atoms with Gasteiger partial charge in [0, 0.05) is 32.5 Å². The summed E-state index contributed by atoms with van der Waals surface area (Å²) in [5.41, 5.74) is 1.54. The van der Waals surface area contributed by atoms with Gasteiger partial charge in [0.15, 0.2) is 0 Å². The summed E-state index contributed by atoms with van der Waals surface area (Å²) in [6.45, 7) is -0.0681. The number of sulfonamides is 1. The van der Waals surface area contributed by atoms with E-state index in [1.807, 2.05) is 30.3 Å². The van der Waals surface area contributed by atoms with Gasteiger partial charge in [-0.15, -0.1) is 0 Å². The number of benzene rings is 3. The number of methoxy groups -OCH3 is 1. The third kappa shape index (κ3) is 6.80. The van der Waals surface area contributed by atoms with Crippen molar-refractivity contribution >= 4 is 59.4 Å². The molecule has 174 valence electrons. The zero-order chi connectivity index (χ0) is 24.0. The van der Waals surface area contributed by atoms with Crippen molar-refractivity contribution in [2.75, 3.05) is 13.7 Å². The van der Waals surface area contributed by atoms with Gasteiger partial charge in [0.1, 0.15) is 5.75 Å². The fourth-order valence-electron chi connectivity index (χ4n) is 3.21. The molecule has 0 saturated heterocycles. The smallest absolute Gasteiger partial charge is 0.241 e. The van der Waals surface area contributed by atoms with Crippen LogP contribution in [-0.4, -0.2) is 28.0 Å². The maximum absolute atomic E-state index is 12.8. The van der Waals surface area contributed by atoms with Crippen molar-refractivity contribution in [2.45, 2.75) is 17.4 Å². The highest BCUT2D eigenvalue weighted by Gasteiger charge is 2.22. The minimum Gasteiger partial charge on any atom is -0.496 e. The lowest BCUT2D eigenvalue weighted by molar-refractivity contribution is -0.121. The van der Waals surface area contributed by atoms with Crippen LogP contribution in [0.25, 0.3) is 0 Å². The fraction of sp³-hybridized carbons (Fsp3) is 0.174. The Balaban J connectivity index is 1.75. The number of rotatable bonds is 9. The van der Waals surface area contributed by atoms with Crippen LogP contribution >= 0.6 is 43.5 Å². The number of amides is 1. The summed E-state index contributed by atoms with van der Waals surface area (Å²) in [4.78, 5) is 12.9. The second-order valence-corrected chi connectivity index (χ2v) is 11.0. The highest BCUT2D eigenvalue weighted by Crippen LogP contribution is 2.32. The van der Waals surface area contributed by atoms with E-state index in [2.05, 4.69) is 41.9 Å². The van der Waals surface area contributed by atoms with Gasteiger partial charge in [-0.05, 0) is 57.9 Å². The molecule has 1 unspecified atom stereocenters. The Bertz CT molecular complexity index is 1240. The van der Waals surface area contributed by atoms with Crippen LogP contribution in [0.3, 0.4) is 0 Å². The lowest BCUT2D eigenvalue weighted by atomic mass is 9.97. The molecule has 10 heteroatoms. The molecule has 33 heavy (non-hydrogen) atoms. The van der Waals surface area contributed by atoms with Crippen LogP contribution in [-0.2, 0) is 14.8 Å². The maximum atomic E-state index is 12.8. The summed E-state index contributed by atoms with van der Waals surface area (Å²) < 4.78 is 34.3. The van der Waals surface area contributed by atoms with Gasteiger partial charge in [0.25, 0.3) is 0 Å². The molecule has 1 atom stereocenters. The first-order valence-electron chi connectivity index (χ1n) is 9.83. The quantitative estimate of drug-likeness (QED) is 0.335. The molecule has 0 radical (unpaired) electrons. The predicted octanol–water partition coefficient (Wildman–Crippen LogP) is 5.45. The average Bonchev–Trinajstić information content (AvgIpc) is 2.79. The Morgan fingerprint density at radius 3 is 2.48 bits per heavy atom. The first-order valence-corrected chi connectivity index (χ1v) is 13.3. The molecule has 0 aliphatic heterocycles. The van der Waals surface area contributed by atoms with Crippen molar-refractivity contribution in [2.24, 2.45) is 0 Å². The molecule has 0 heterocycles. The van der Waals surface area contributed by atoms with Crippen LogP contribution in [0.15, 0.2) is 80.6 Å². The van der Waals surface area contributed by atoms with Crippen LogP contribution in [0.4, 0.5) is 0 Å². The molecule has 0 saturated carbocycles. The summed E-state index contributed by atoms with van der Waals surface area (Å²) in [7, 11) is -2.26. The highest BCUT2D eigenvalue weighted by molar-refractivity contribution is 9.11. The molecule has 0 aliphatic carbocycles. The standard InChI is InChI=1S/C23H21Br2ClN2O4S/c1-32-20-10-8-17(26)14-18(20)23(15-5-3-2-4-6-15)28-22(29)11-12-27-33(30,31)21-13-16(24)7-9-19(21)25/h2-10,13-14,23,27H,11-12H2,1H3,(H,28,29). The molecule has 2 N–H and O–H groups in total. The third-order valence-corrected chi connectivity index (χ3v) is 7.95. The fourth-order valence-corrected chi connectivity index (χ4v) is 5.92. The van der Waals surface area contributed by atoms with Gasteiger partial charge in [-0.3, -0.25) is 4.79 Å². The molecule has 3 aromatic carbocycles. The van der Waals surface area contributed by atoms with Crippen molar-refractivity contribution in [1.82, 2.24) is 10.0 Å². The van der Waals surface area contributed by atoms with E-state index >= 15 is 0 Å². The zero-order valence-electron chi connectivity index (χ0n) is 17.5. The first kappa shape index (κ1) is 25.7. The maximum Gasteiger partial charge on any atom is 0.241 e. The van der Waals surface area contributed by atoms with Crippen molar-refractivity contribution in [3.8, 4) is 5.75 Å². The molecular weight excluding hydrogens is 596 g/mol. The van der Waals surface area contributed by atoms with Crippen LogP contribution in [0.1, 0.15) is 23.6 Å². The van der Waals surface area contributed by atoms with Crippen molar-refractivity contribution in [1.29, 1.82) is 0 Å². The number of carbonyl (C=O) groups is 1. The number of hydrogen-bond donors (Lipinski definition) is 2. The molecular formula is C23H21Br2ClN2O4S. The molecule has 0 aromatic heterocycles. The van der Waals surface area contributed by atoms with E-state index in [4.69, 9.17) is 16.3 Å². The van der Waals surface area contributed by atoms with Gasteiger partial charge in [-0.25, -0.2) is 13.1 Å². The summed E-state index contributed by atoms with van der Waals surface area (Å²) in [5, 5.41) is 3.48. The van der Waals surface area contributed by atoms with E-state index < -0.39 is 16.1 Å². The Morgan fingerprint density at radius 2 is 1.79 bits per heavy atom. The van der Waals surface area contributed by atoms with Crippen LogP contribution in [0.2, 0.25) is 5.02 Å². The number of carbonyl (C=O) groups excluding carboxylic acids is 1. The van der Waals surface area contributed by atoms with E-state index in [0.717, 1.165) is 5.56 Å². The number of hydrogen-bond acceptors (Lipinski definition) is 4. The molecule has 0 bridgehead atoms. The van der Waals surface area contributed by atoms with E-state index in [1.165, 1.54) is 6.07 Å². The van der Waals surface area contributed by atoms with Crippen molar-refractivity contribution in [3.63, 3.8) is 0 Å². The first-order chi connectivity index (χ1) is 15.7. The van der Waals surface area contributed by atoms with Crippen molar-refractivity contribution in [3.05, 3.63) is 91.8 Å². The van der Waals surface area contributed by atoms with Gasteiger partial charge in [-0.1, -0.05) is 57.9 Å². The lowest BCUT2D eigenvalue weighted by Gasteiger charge is -2.22. The van der Waals surface area contributed by atoms with Crippen LogP contribution in [0.5, 0.6) is 5.75 Å². The summed E-state index contributed by atoms with van der Waals surface area (Å²) >= 11 is 12.7. The van der Waals surface area contributed by atoms with Crippen LogP contribution in [0, 0.1) is 0 Å². The molecule has 0 fully saturated rings. The van der Waals surface area contributed by atoms with Gasteiger partial charge >= 0.3 is 0 Å². The molecule has 1 amide bonds. The average molecular weight is 617 g/mol. The minimum atomic E-state index is -3.80. The summed E-state index contributed by atoms with van der Waals surface area (Å²) in [6, 6.07) is 18.9. The molecule has 6 nitrogen and oxygen atoms in total. The highest BCUT2D eigenvalue weighted by atomic mass is 79.9. The Hall–Kier alpha value is -1.91. The number of ether oxygens (including phenoxy) is 1. The Labute approximate surface area is 215 Å². The van der Waals surface area contributed by atoms with Gasteiger partial charge < -0.3 is 10.1 Å². The minimum absolute atomic E-state index is 0.0585. The predicted molar refractivity (Wildman–Crippen MR) is 136 cm³/mol. The lowest BCUT2D eigenvalue weighted by Crippen LogP contribution is -2.33. The summed E-state index contributed by atoms with van der Waals surface area (Å²) in [6.07, 6.45) is -0.0585. The normalized spacial score (nSPS) is 12.2. The zero-order valence-corrected chi connectivity index (χ0v) is 22.3. The van der Waals surface area contributed by atoms with E-state index in [9.17, 15) is 13.2 Å². The summed E-state index contributed by atoms with van der Waals surface area (Å²) in [5.74, 6) is 0.246. The molecule has 0 spiro atoms. The van der Waals surface area contributed by atoms with Gasteiger partial charge in [-0.2, -0.15) is 0 Å². The second-order valence-electron chi connectivity index (χ2n) is 7.02. The Morgan fingerprint density at radius 1 is 1.06 bits per heavy atom. The monoisotopic (exact) mass is 614 g/mol. The van der Waals surface area contributed by atoms with Crippen molar-refractivity contribution < 1.29 is 17.9 Å². The number of nitrogens with one attached hydrogen (secondary N) is 2. The number of halogens is 3. The van der Waals surface area contributed by atoms with Gasteiger partial charge in [0.2, 0.25) is 15.9 Å². The van der Waals surface area contributed by atoms with Crippen LogP contribution < -0.4 is 14.8 Å². The third-order valence-electron chi connectivity index (χ3n) is 4.77. The van der Waals surface area contributed by atoms with Gasteiger partial charge in [0.05, 0.1) is 18.0 Å². The van der Waals surface area contributed by atoms with E-state index in [0.29, 0.717) is 25.3 Å². The Kier molecular flexibility index (Phi) is 8.95. The van der Waals surface area contributed by atoms with E-state index in [1.54, 1.807) is 37.4 Å². The topological polar surface area (TPSA) is 84.5 Å². The molecule has 0 aliphatic rings. The SMILES string of the molecule is COc1ccc(Cl)cc1C(NC(=O)CCNS(=O)(=O)c1cc(Br)ccc1Br)c1ccccc1. The molecule has 3 rings (SSSR count).